The van der Waals surface area contributed by atoms with E-state index in [1.54, 1.807) is 0 Å². The molecule has 6 N–H and O–H groups in total. The van der Waals surface area contributed by atoms with Gasteiger partial charge in [0.15, 0.2) is 0 Å². The Morgan fingerprint density at radius 2 is 1.14 bits per heavy atom. The van der Waals surface area contributed by atoms with Gasteiger partial charge in [-0.15, -0.1) is 0 Å². The maximum absolute atomic E-state index is 5.48. The molecular weight excluding hydrogens is 264 g/mol. The maximum atomic E-state index is 5.48. The summed E-state index contributed by atoms with van der Waals surface area (Å²) < 4.78 is 0. The first-order chi connectivity index (χ1) is 10.2. The van der Waals surface area contributed by atoms with Gasteiger partial charge in [0.25, 0.3) is 0 Å². The highest BCUT2D eigenvalue weighted by molar-refractivity contribution is 4.60. The Hall–Kier alpha value is -0.240. The van der Waals surface area contributed by atoms with E-state index in [0.29, 0.717) is 0 Å². The zero-order chi connectivity index (χ0) is 15.8. The van der Waals surface area contributed by atoms with Crippen LogP contribution in [-0.4, -0.2) is 82.9 Å². The van der Waals surface area contributed by atoms with Crippen molar-refractivity contribution in [3.8, 4) is 0 Å². The van der Waals surface area contributed by atoms with Gasteiger partial charge in [0.2, 0.25) is 0 Å². The minimum absolute atomic E-state index is 0.775. The Bertz CT molecular complexity index is 185. The summed E-state index contributed by atoms with van der Waals surface area (Å²) >= 11 is 0. The molecule has 0 aromatic rings. The molecule has 0 fully saturated rings. The fraction of sp³-hybridized carbons (Fsp3) is 1.00. The van der Waals surface area contributed by atoms with E-state index < -0.39 is 0 Å². The second kappa shape index (κ2) is 16.1. The lowest BCUT2D eigenvalue weighted by atomic mass is 10.3. The molecule has 0 unspecified atom stereocenters. The Labute approximate surface area is 131 Å². The highest BCUT2D eigenvalue weighted by Crippen LogP contribution is 1.95. The SMILES string of the molecule is CN(C)CN(CCCNCCCN)CCCNCCCN. The molecule has 21 heavy (non-hydrogen) atoms. The Morgan fingerprint density at radius 1 is 0.714 bits per heavy atom. The van der Waals surface area contributed by atoms with Gasteiger partial charge in [-0.05, 0) is 79.0 Å². The molecule has 0 bridgehead atoms. The normalized spacial score (nSPS) is 11.7. The lowest BCUT2D eigenvalue weighted by molar-refractivity contribution is 0.172. The first-order valence-electron chi connectivity index (χ1n) is 8.39. The summed E-state index contributed by atoms with van der Waals surface area (Å²) in [5.74, 6) is 0. The average Bonchev–Trinajstić information content (AvgIpc) is 2.45. The third-order valence-corrected chi connectivity index (χ3v) is 3.25. The lowest BCUT2D eigenvalue weighted by Gasteiger charge is -2.26. The molecule has 0 aliphatic rings. The van der Waals surface area contributed by atoms with Crippen LogP contribution in [0.1, 0.15) is 25.7 Å². The van der Waals surface area contributed by atoms with E-state index in [-0.39, 0.29) is 0 Å². The lowest BCUT2D eigenvalue weighted by Crippen LogP contribution is -2.37. The molecule has 0 aliphatic carbocycles. The first-order valence-corrected chi connectivity index (χ1v) is 8.39. The third-order valence-electron chi connectivity index (χ3n) is 3.25. The van der Waals surface area contributed by atoms with Crippen LogP contribution in [0.25, 0.3) is 0 Å². The van der Waals surface area contributed by atoms with E-state index in [2.05, 4.69) is 34.5 Å². The molecule has 0 aromatic carbocycles. The summed E-state index contributed by atoms with van der Waals surface area (Å²) in [4.78, 5) is 4.76. The zero-order valence-electron chi connectivity index (χ0n) is 14.2. The topological polar surface area (TPSA) is 82.6 Å². The fourth-order valence-electron chi connectivity index (χ4n) is 2.21. The zero-order valence-corrected chi connectivity index (χ0v) is 14.2. The van der Waals surface area contributed by atoms with Crippen LogP contribution < -0.4 is 22.1 Å². The van der Waals surface area contributed by atoms with Crippen LogP contribution in [0, 0.1) is 0 Å². The highest BCUT2D eigenvalue weighted by Gasteiger charge is 2.05. The van der Waals surface area contributed by atoms with Gasteiger partial charge in [0.1, 0.15) is 0 Å². The molecular formula is C15H38N6. The van der Waals surface area contributed by atoms with Gasteiger partial charge in [-0.3, -0.25) is 9.80 Å². The molecule has 0 radical (unpaired) electrons. The van der Waals surface area contributed by atoms with E-state index in [1.807, 2.05) is 0 Å². The summed E-state index contributed by atoms with van der Waals surface area (Å²) in [5.41, 5.74) is 11.0. The van der Waals surface area contributed by atoms with Gasteiger partial charge in [-0.1, -0.05) is 0 Å². The van der Waals surface area contributed by atoms with Gasteiger partial charge in [0, 0.05) is 13.1 Å². The van der Waals surface area contributed by atoms with Crippen molar-refractivity contribution in [2.45, 2.75) is 25.7 Å². The smallest absolute Gasteiger partial charge is 0.0500 e. The number of hydrogen-bond acceptors (Lipinski definition) is 6. The average molecular weight is 303 g/mol. The van der Waals surface area contributed by atoms with Crippen molar-refractivity contribution < 1.29 is 0 Å². The maximum Gasteiger partial charge on any atom is 0.0500 e. The van der Waals surface area contributed by atoms with E-state index in [1.165, 1.54) is 12.8 Å². The summed E-state index contributed by atoms with van der Waals surface area (Å²) in [5, 5.41) is 6.88. The summed E-state index contributed by atoms with van der Waals surface area (Å²) in [6.07, 6.45) is 4.52. The Morgan fingerprint density at radius 3 is 1.52 bits per heavy atom. The number of nitrogens with two attached hydrogens (primary N) is 2. The summed E-state index contributed by atoms with van der Waals surface area (Å²) in [7, 11) is 4.26. The van der Waals surface area contributed by atoms with Crippen molar-refractivity contribution in [2.75, 3.05) is 73.1 Å². The first kappa shape index (κ1) is 20.8. The van der Waals surface area contributed by atoms with E-state index >= 15 is 0 Å². The van der Waals surface area contributed by atoms with Crippen molar-refractivity contribution in [3.63, 3.8) is 0 Å². The molecule has 6 heteroatoms. The monoisotopic (exact) mass is 302 g/mol. The standard InChI is InChI=1S/C15H38N6/c1-20(2)15-21(13-5-11-18-9-3-7-16)14-6-12-19-10-4-8-17/h18-19H,3-17H2,1-2H3. The quantitative estimate of drug-likeness (QED) is 0.227. The molecule has 0 saturated carbocycles. The van der Waals surface area contributed by atoms with Crippen molar-refractivity contribution >= 4 is 0 Å². The van der Waals surface area contributed by atoms with Crippen LogP contribution in [-0.2, 0) is 0 Å². The van der Waals surface area contributed by atoms with Crippen LogP contribution in [0.2, 0.25) is 0 Å². The van der Waals surface area contributed by atoms with Crippen molar-refractivity contribution in [3.05, 3.63) is 0 Å². The number of nitrogens with one attached hydrogen (secondary N) is 2. The molecule has 0 heterocycles. The molecule has 0 spiro atoms. The third kappa shape index (κ3) is 16.0. The molecule has 0 rings (SSSR count). The minimum Gasteiger partial charge on any atom is -0.330 e. The van der Waals surface area contributed by atoms with Crippen molar-refractivity contribution in [2.24, 2.45) is 11.5 Å². The second-order valence-electron chi connectivity index (χ2n) is 5.83. The predicted octanol–water partition coefficient (Wildman–Crippen LogP) is -0.535. The van der Waals surface area contributed by atoms with Crippen LogP contribution in [0.3, 0.4) is 0 Å². The summed E-state index contributed by atoms with van der Waals surface area (Å²) in [6, 6.07) is 0. The van der Waals surface area contributed by atoms with Crippen molar-refractivity contribution in [1.29, 1.82) is 0 Å². The van der Waals surface area contributed by atoms with Crippen LogP contribution >= 0.6 is 0 Å². The summed E-state index contributed by atoms with van der Waals surface area (Å²) in [6.45, 7) is 9.12. The molecule has 128 valence electrons. The van der Waals surface area contributed by atoms with E-state index in [4.69, 9.17) is 11.5 Å². The fourth-order valence-corrected chi connectivity index (χ4v) is 2.21. The number of nitrogens with zero attached hydrogens (tertiary/aromatic N) is 2. The van der Waals surface area contributed by atoms with Crippen LogP contribution in [0.15, 0.2) is 0 Å². The highest BCUT2D eigenvalue weighted by atomic mass is 15.3. The predicted molar refractivity (Wildman–Crippen MR) is 92.4 cm³/mol. The van der Waals surface area contributed by atoms with Crippen LogP contribution in [0.5, 0.6) is 0 Å². The Balaban J connectivity index is 3.62. The number of rotatable bonds is 16. The minimum atomic E-state index is 0.775. The molecule has 0 saturated heterocycles. The van der Waals surface area contributed by atoms with Gasteiger partial charge >= 0.3 is 0 Å². The molecule has 0 aromatic heterocycles. The van der Waals surface area contributed by atoms with Gasteiger partial charge in [0.05, 0.1) is 6.67 Å². The van der Waals surface area contributed by atoms with Gasteiger partial charge in [-0.2, -0.15) is 0 Å². The number of hydrogen-bond donors (Lipinski definition) is 4. The Kier molecular flexibility index (Phi) is 16.0. The van der Waals surface area contributed by atoms with Gasteiger partial charge < -0.3 is 22.1 Å². The second-order valence-corrected chi connectivity index (χ2v) is 5.83. The van der Waals surface area contributed by atoms with E-state index in [9.17, 15) is 0 Å². The molecule has 6 nitrogen and oxygen atoms in total. The molecule has 0 aliphatic heterocycles. The molecule has 0 atom stereocenters. The van der Waals surface area contributed by atoms with Crippen molar-refractivity contribution in [1.82, 2.24) is 20.4 Å². The largest absolute Gasteiger partial charge is 0.330 e. The molecule has 0 amide bonds. The van der Waals surface area contributed by atoms with Gasteiger partial charge in [-0.25, -0.2) is 0 Å². The van der Waals surface area contributed by atoms with E-state index in [0.717, 1.165) is 71.9 Å². The van der Waals surface area contributed by atoms with Crippen LogP contribution in [0.4, 0.5) is 0 Å².